The number of nitrogens with zero attached hydrogens (tertiary/aromatic N) is 1. The van der Waals surface area contributed by atoms with Gasteiger partial charge >= 0.3 is 0 Å². The molecule has 1 aliphatic rings. The molecule has 162 valence electrons. The predicted molar refractivity (Wildman–Crippen MR) is 129 cm³/mol. The summed E-state index contributed by atoms with van der Waals surface area (Å²) in [6.45, 7) is 2.25. The summed E-state index contributed by atoms with van der Waals surface area (Å²) in [4.78, 5) is 2.51. The van der Waals surface area contributed by atoms with Crippen molar-refractivity contribution in [3.63, 3.8) is 0 Å². The van der Waals surface area contributed by atoms with Gasteiger partial charge in [0, 0.05) is 24.4 Å². The number of hydrogen-bond donors (Lipinski definition) is 1. The summed E-state index contributed by atoms with van der Waals surface area (Å²) in [6, 6.07) is 32.2. The van der Waals surface area contributed by atoms with Gasteiger partial charge < -0.3 is 5.11 Å². The molecular formula is C29H35NO. The van der Waals surface area contributed by atoms with Gasteiger partial charge in [-0.15, -0.1) is 0 Å². The molecule has 4 atom stereocenters. The largest absolute Gasteiger partial charge is 0.385 e. The summed E-state index contributed by atoms with van der Waals surface area (Å²) < 4.78 is 0. The van der Waals surface area contributed by atoms with Gasteiger partial charge in [0.1, 0.15) is 0 Å². The van der Waals surface area contributed by atoms with Crippen molar-refractivity contribution in [3.8, 4) is 0 Å². The number of unbranched alkanes of at least 4 members (excludes halogenated alkanes) is 2. The summed E-state index contributed by atoms with van der Waals surface area (Å²) >= 11 is 0. The van der Waals surface area contributed by atoms with Crippen LogP contribution in [0.5, 0.6) is 0 Å². The van der Waals surface area contributed by atoms with Crippen LogP contribution in [0.15, 0.2) is 91.0 Å². The molecule has 1 aliphatic heterocycles. The van der Waals surface area contributed by atoms with Crippen molar-refractivity contribution < 1.29 is 5.11 Å². The van der Waals surface area contributed by atoms with Gasteiger partial charge in [0.05, 0.1) is 5.60 Å². The normalized spacial score (nSPS) is 26.6. The molecule has 0 bridgehead atoms. The topological polar surface area (TPSA) is 23.5 Å². The van der Waals surface area contributed by atoms with E-state index in [4.69, 9.17) is 0 Å². The maximum absolute atomic E-state index is 12.5. The lowest BCUT2D eigenvalue weighted by molar-refractivity contribution is -0.130. The zero-order chi connectivity index (χ0) is 21.7. The van der Waals surface area contributed by atoms with E-state index < -0.39 is 5.60 Å². The van der Waals surface area contributed by atoms with E-state index in [0.717, 1.165) is 18.4 Å². The van der Waals surface area contributed by atoms with Crippen molar-refractivity contribution in [3.05, 3.63) is 108 Å². The molecule has 2 nitrogen and oxygen atoms in total. The molecule has 0 radical (unpaired) electrons. The standard InChI is InChI=1S/C29H35NO/c1-3-4-8-21-26-28(24-17-11-6-12-18-24)30(2)27(23-15-9-5-10-16-23)22-29(26,31)25-19-13-7-14-20-25/h5-7,9-20,26-28,31H,3-4,8,21-22H2,1-2H3/t26-,27-,28+,29-/m1/s1. The van der Waals surface area contributed by atoms with Crippen LogP contribution in [0, 0.1) is 5.92 Å². The lowest BCUT2D eigenvalue weighted by Crippen LogP contribution is -2.52. The summed E-state index contributed by atoms with van der Waals surface area (Å²) in [5.41, 5.74) is 2.74. The van der Waals surface area contributed by atoms with Gasteiger partial charge in [-0.3, -0.25) is 4.90 Å². The maximum Gasteiger partial charge on any atom is 0.0961 e. The molecule has 0 aromatic heterocycles. The molecule has 0 unspecified atom stereocenters. The third kappa shape index (κ3) is 4.46. The van der Waals surface area contributed by atoms with Gasteiger partial charge in [-0.1, -0.05) is 117 Å². The van der Waals surface area contributed by atoms with E-state index in [0.29, 0.717) is 6.42 Å². The SMILES string of the molecule is CCCCC[C@@H]1[C@H](c2ccccc2)N(C)[C@@H](c2ccccc2)C[C@@]1(O)c1ccccc1. The van der Waals surface area contributed by atoms with E-state index >= 15 is 0 Å². The van der Waals surface area contributed by atoms with E-state index in [1.165, 1.54) is 24.0 Å². The number of benzene rings is 3. The molecule has 2 heteroatoms. The molecule has 31 heavy (non-hydrogen) atoms. The van der Waals surface area contributed by atoms with E-state index in [9.17, 15) is 5.11 Å². The molecule has 3 aromatic rings. The highest BCUT2D eigenvalue weighted by Crippen LogP contribution is 2.54. The Labute approximate surface area is 187 Å². The third-order valence-electron chi connectivity index (χ3n) is 7.15. The van der Waals surface area contributed by atoms with Crippen LogP contribution < -0.4 is 0 Å². The van der Waals surface area contributed by atoms with Crippen LogP contribution in [-0.2, 0) is 5.60 Å². The smallest absolute Gasteiger partial charge is 0.0961 e. The Morgan fingerprint density at radius 1 is 0.806 bits per heavy atom. The second kappa shape index (κ2) is 9.80. The Morgan fingerprint density at radius 2 is 1.35 bits per heavy atom. The first-order chi connectivity index (χ1) is 15.1. The fraction of sp³-hybridized carbons (Fsp3) is 0.379. The van der Waals surface area contributed by atoms with Crippen molar-refractivity contribution in [1.82, 2.24) is 4.90 Å². The third-order valence-corrected chi connectivity index (χ3v) is 7.15. The van der Waals surface area contributed by atoms with Crippen LogP contribution in [0.4, 0.5) is 0 Å². The van der Waals surface area contributed by atoms with Crippen LogP contribution in [0.1, 0.15) is 67.8 Å². The quantitative estimate of drug-likeness (QED) is 0.426. The predicted octanol–water partition coefficient (Wildman–Crippen LogP) is 6.89. The molecule has 4 rings (SSSR count). The van der Waals surface area contributed by atoms with Gasteiger partial charge in [0.25, 0.3) is 0 Å². The van der Waals surface area contributed by atoms with Crippen LogP contribution in [0.25, 0.3) is 0 Å². The van der Waals surface area contributed by atoms with Crippen molar-refractivity contribution >= 4 is 0 Å². The molecule has 3 aromatic carbocycles. The highest BCUT2D eigenvalue weighted by molar-refractivity contribution is 5.32. The molecule has 1 fully saturated rings. The first-order valence-corrected chi connectivity index (χ1v) is 11.7. The van der Waals surface area contributed by atoms with Crippen LogP contribution in [0.3, 0.4) is 0 Å². The summed E-state index contributed by atoms with van der Waals surface area (Å²) in [7, 11) is 2.24. The Bertz CT molecular complexity index is 927. The number of hydrogen-bond acceptors (Lipinski definition) is 2. The molecule has 1 N–H and O–H groups in total. The molecule has 0 spiro atoms. The van der Waals surface area contributed by atoms with Gasteiger partial charge in [0.2, 0.25) is 0 Å². The van der Waals surface area contributed by atoms with Crippen LogP contribution in [-0.4, -0.2) is 17.1 Å². The minimum atomic E-state index is -0.872. The summed E-state index contributed by atoms with van der Waals surface area (Å²) in [5, 5.41) is 12.5. The van der Waals surface area contributed by atoms with Crippen molar-refractivity contribution in [2.45, 2.75) is 56.7 Å². The molecule has 0 aliphatic carbocycles. The number of rotatable bonds is 7. The second-order valence-electron chi connectivity index (χ2n) is 9.04. The van der Waals surface area contributed by atoms with Gasteiger partial charge in [-0.2, -0.15) is 0 Å². The first-order valence-electron chi connectivity index (χ1n) is 11.7. The van der Waals surface area contributed by atoms with Crippen molar-refractivity contribution in [2.75, 3.05) is 7.05 Å². The lowest BCUT2D eigenvalue weighted by Gasteiger charge is -2.54. The zero-order valence-electron chi connectivity index (χ0n) is 18.8. The van der Waals surface area contributed by atoms with Crippen molar-refractivity contribution in [1.29, 1.82) is 0 Å². The molecule has 0 saturated carbocycles. The monoisotopic (exact) mass is 413 g/mol. The average molecular weight is 414 g/mol. The highest BCUT2D eigenvalue weighted by Gasteiger charge is 2.51. The number of aliphatic hydroxyl groups is 1. The molecule has 1 saturated heterocycles. The lowest BCUT2D eigenvalue weighted by atomic mass is 9.65. The Hall–Kier alpha value is -2.42. The summed E-state index contributed by atoms with van der Waals surface area (Å²) in [6.07, 6.45) is 5.26. The van der Waals surface area contributed by atoms with Crippen LogP contribution in [0.2, 0.25) is 0 Å². The van der Waals surface area contributed by atoms with Crippen LogP contribution >= 0.6 is 0 Å². The van der Waals surface area contributed by atoms with Gasteiger partial charge in [0.15, 0.2) is 0 Å². The fourth-order valence-electron chi connectivity index (χ4n) is 5.54. The minimum Gasteiger partial charge on any atom is -0.385 e. The fourth-order valence-corrected chi connectivity index (χ4v) is 5.54. The molecule has 0 amide bonds. The average Bonchev–Trinajstić information content (AvgIpc) is 2.83. The van der Waals surface area contributed by atoms with E-state index in [-0.39, 0.29) is 18.0 Å². The van der Waals surface area contributed by atoms with E-state index in [2.05, 4.69) is 104 Å². The van der Waals surface area contributed by atoms with E-state index in [1.54, 1.807) is 0 Å². The maximum atomic E-state index is 12.5. The Balaban J connectivity index is 1.84. The Morgan fingerprint density at radius 3 is 1.94 bits per heavy atom. The molecular weight excluding hydrogens is 378 g/mol. The second-order valence-corrected chi connectivity index (χ2v) is 9.04. The highest BCUT2D eigenvalue weighted by atomic mass is 16.3. The minimum absolute atomic E-state index is 0.133. The number of likely N-dealkylation sites (tertiary alicyclic amines) is 1. The summed E-state index contributed by atoms with van der Waals surface area (Å²) in [5.74, 6) is 0.133. The zero-order valence-corrected chi connectivity index (χ0v) is 18.8. The van der Waals surface area contributed by atoms with Gasteiger partial charge in [-0.25, -0.2) is 0 Å². The first kappa shape index (κ1) is 21.8. The number of piperidine rings is 1. The molecule has 1 heterocycles. The van der Waals surface area contributed by atoms with Crippen molar-refractivity contribution in [2.24, 2.45) is 5.92 Å². The van der Waals surface area contributed by atoms with E-state index in [1.807, 2.05) is 6.07 Å². The Kier molecular flexibility index (Phi) is 6.89. The van der Waals surface area contributed by atoms with Gasteiger partial charge in [-0.05, 0) is 30.2 Å².